The molecule has 0 spiro atoms. The highest BCUT2D eigenvalue weighted by Gasteiger charge is 2.46. The highest BCUT2D eigenvalue weighted by Crippen LogP contribution is 2.43. The number of rotatable bonds is 8. The second-order valence-electron chi connectivity index (χ2n) is 4.24. The zero-order valence-electron chi connectivity index (χ0n) is 11.5. The van der Waals surface area contributed by atoms with Crippen LogP contribution in [-0.4, -0.2) is 69.6 Å². The fraction of sp³-hybridized carbons (Fsp3) is 1.00. The molecule has 5 atom stereocenters. The van der Waals surface area contributed by atoms with Crippen molar-refractivity contribution in [2.24, 2.45) is 0 Å². The van der Waals surface area contributed by atoms with E-state index in [9.17, 15) is 9.46 Å². The first-order valence-corrected chi connectivity index (χ1v) is 10.5. The molecule has 19 heavy (non-hydrogen) atoms. The minimum atomic E-state index is -3.61. The fourth-order valence-electron chi connectivity index (χ4n) is 1.95. The van der Waals surface area contributed by atoms with Gasteiger partial charge in [0.1, 0.15) is 32.1 Å². The molecule has 112 valence electrons. The lowest BCUT2D eigenvalue weighted by molar-refractivity contribution is -0.0175. The van der Waals surface area contributed by atoms with Crippen LogP contribution in [0, 0.1) is 0 Å². The molecular formula is C9H20BO6PS2. The first kappa shape index (κ1) is 17.8. The number of methoxy groups -OCH3 is 1. The molecule has 0 saturated carbocycles. The average Bonchev–Trinajstić information content (AvgIpc) is 2.56. The van der Waals surface area contributed by atoms with Crippen LogP contribution >= 0.6 is 29.2 Å². The van der Waals surface area contributed by atoms with Gasteiger partial charge in [-0.3, -0.25) is 9.09 Å². The summed E-state index contributed by atoms with van der Waals surface area (Å²) in [5, 5.41) is 0. The molecule has 10 heteroatoms. The summed E-state index contributed by atoms with van der Waals surface area (Å²) in [7, 11) is 2.95. The Morgan fingerprint density at radius 3 is 2.68 bits per heavy atom. The Hall–Kier alpha value is 0.795. The van der Waals surface area contributed by atoms with Crippen molar-refractivity contribution in [3.63, 3.8) is 0 Å². The fourth-order valence-corrected chi connectivity index (χ4v) is 3.42. The molecule has 1 fully saturated rings. The van der Waals surface area contributed by atoms with E-state index in [1.807, 2.05) is 14.1 Å². The molecule has 0 radical (unpaired) electrons. The molecule has 1 rings (SSSR count). The normalized spacial score (nSPS) is 34.3. The van der Waals surface area contributed by atoms with E-state index in [1.165, 1.54) is 0 Å². The Bertz CT molecular complexity index is 317. The van der Waals surface area contributed by atoms with Gasteiger partial charge in [0.15, 0.2) is 0 Å². The lowest BCUT2D eigenvalue weighted by Gasteiger charge is -2.24. The number of hydrogen-bond acceptors (Lipinski definition) is 7. The average molecular weight is 330 g/mol. The van der Waals surface area contributed by atoms with E-state index in [0.29, 0.717) is 12.5 Å². The summed E-state index contributed by atoms with van der Waals surface area (Å²) in [6, 6.07) is -0.209. The van der Waals surface area contributed by atoms with Crippen molar-refractivity contribution in [1.82, 2.24) is 0 Å². The minimum Gasteiger partial charge on any atom is -0.382 e. The highest BCUT2D eigenvalue weighted by atomic mass is 33.1. The topological polar surface area (TPSA) is 74.2 Å². The van der Waals surface area contributed by atoms with Gasteiger partial charge < -0.3 is 19.1 Å². The van der Waals surface area contributed by atoms with Gasteiger partial charge in [-0.1, -0.05) is 21.6 Å². The summed E-state index contributed by atoms with van der Waals surface area (Å²) in [6.07, 6.45) is 0.585. The van der Waals surface area contributed by atoms with Crippen LogP contribution in [0.2, 0.25) is 0 Å². The van der Waals surface area contributed by atoms with Crippen LogP contribution in [0.3, 0.4) is 0 Å². The van der Waals surface area contributed by atoms with E-state index in [-0.39, 0.29) is 12.1 Å². The van der Waals surface area contributed by atoms with E-state index in [2.05, 4.69) is 0 Å². The highest BCUT2D eigenvalue weighted by molar-refractivity contribution is 8.76. The van der Waals surface area contributed by atoms with Crippen molar-refractivity contribution in [3.8, 4) is 0 Å². The molecule has 0 amide bonds. The molecular weight excluding hydrogens is 310 g/mol. The second kappa shape index (κ2) is 8.29. The van der Waals surface area contributed by atoms with Gasteiger partial charge in [-0.25, -0.2) is 0 Å². The maximum Gasteiger partial charge on any atom is 0.325 e. The summed E-state index contributed by atoms with van der Waals surface area (Å²) in [6.45, 7) is 1.46. The smallest absolute Gasteiger partial charge is 0.325 e. The monoisotopic (exact) mass is 330 g/mol. The van der Waals surface area contributed by atoms with Gasteiger partial charge in [-0.2, -0.15) is 0 Å². The third-order valence-corrected chi connectivity index (χ3v) is 4.72. The molecule has 1 aliphatic rings. The zero-order chi connectivity index (χ0) is 14.5. The Balaban J connectivity index is 2.70. The first-order valence-electron chi connectivity index (χ1n) is 5.79. The molecule has 3 unspecified atom stereocenters. The molecule has 1 heterocycles. The third kappa shape index (κ3) is 5.97. The summed E-state index contributed by atoms with van der Waals surface area (Å²) in [5.74, 6) is 0.471. The molecule has 0 aliphatic carbocycles. The van der Waals surface area contributed by atoms with Crippen molar-refractivity contribution < 1.29 is 28.2 Å². The van der Waals surface area contributed by atoms with Crippen LogP contribution in [0.25, 0.3) is 0 Å². The van der Waals surface area contributed by atoms with Crippen LogP contribution in [0.1, 0.15) is 0 Å². The van der Waals surface area contributed by atoms with Gasteiger partial charge in [0, 0.05) is 13.8 Å². The van der Waals surface area contributed by atoms with Crippen LogP contribution in [0.15, 0.2) is 0 Å². The lowest BCUT2D eigenvalue weighted by Crippen LogP contribution is -2.38. The van der Waals surface area contributed by atoms with Crippen molar-refractivity contribution in [1.29, 1.82) is 0 Å². The van der Waals surface area contributed by atoms with Gasteiger partial charge in [-0.15, -0.1) is 0 Å². The van der Waals surface area contributed by atoms with Gasteiger partial charge in [0.25, 0.3) is 0 Å². The first-order chi connectivity index (χ1) is 8.89. The van der Waals surface area contributed by atoms with Gasteiger partial charge in [0.2, 0.25) is 0 Å². The van der Waals surface area contributed by atoms with Gasteiger partial charge in [0.05, 0.1) is 12.6 Å². The quantitative estimate of drug-likeness (QED) is 0.227. The van der Waals surface area contributed by atoms with Crippen molar-refractivity contribution >= 4 is 37.0 Å². The summed E-state index contributed by atoms with van der Waals surface area (Å²) in [5.41, 5.74) is 0. The van der Waals surface area contributed by atoms with Gasteiger partial charge in [-0.05, 0) is 6.26 Å². The predicted molar refractivity (Wildman–Crippen MR) is 80.5 cm³/mol. The molecule has 6 nitrogen and oxygen atoms in total. The van der Waals surface area contributed by atoms with E-state index >= 15 is 0 Å². The molecule has 0 bridgehead atoms. The maximum atomic E-state index is 11.5. The van der Waals surface area contributed by atoms with Crippen LogP contribution in [0.4, 0.5) is 0 Å². The van der Waals surface area contributed by atoms with Crippen LogP contribution in [-0.2, 0) is 23.3 Å². The predicted octanol–water partition coefficient (Wildman–Crippen LogP) is 0.545. The molecule has 0 aromatic carbocycles. The molecule has 1 aliphatic heterocycles. The second-order valence-corrected chi connectivity index (χ2v) is 8.57. The van der Waals surface area contributed by atoms with E-state index in [0.717, 1.165) is 6.66 Å². The van der Waals surface area contributed by atoms with Crippen molar-refractivity contribution in [2.75, 3.05) is 32.6 Å². The summed E-state index contributed by atoms with van der Waals surface area (Å²) in [4.78, 5) is 9.41. The lowest BCUT2D eigenvalue weighted by atomic mass is 9.93. The van der Waals surface area contributed by atoms with Gasteiger partial charge >= 0.3 is 7.60 Å². The molecule has 0 aromatic heterocycles. The zero-order valence-corrected chi connectivity index (χ0v) is 14.0. The third-order valence-electron chi connectivity index (χ3n) is 2.62. The van der Waals surface area contributed by atoms with E-state index < -0.39 is 19.8 Å². The van der Waals surface area contributed by atoms with Crippen LogP contribution in [0.5, 0.6) is 0 Å². The Labute approximate surface area is 122 Å². The Morgan fingerprint density at radius 2 is 2.16 bits per heavy atom. The SMILES string of the molecule is B[C@@H]1O[C@H](COC)C(OP(C)(=O)O)C1OCSSC. The van der Waals surface area contributed by atoms with E-state index in [4.69, 9.17) is 18.7 Å². The standard InChI is InChI=1S/C9H20BO6PS2/c1-13-4-6-7(16-17(2,11)12)8(9(10)15-6)14-5-19-18-3/h6-9H,4-5,10H2,1-3H3,(H,11,12)/t6-,7?,8?,9-/m1/s1. The molecule has 1 N–H and O–H groups in total. The van der Waals surface area contributed by atoms with E-state index in [1.54, 1.807) is 28.7 Å². The van der Waals surface area contributed by atoms with Crippen molar-refractivity contribution in [3.05, 3.63) is 0 Å². The van der Waals surface area contributed by atoms with Crippen LogP contribution < -0.4 is 0 Å². The summed E-state index contributed by atoms with van der Waals surface area (Å²) >= 11 is 0. The summed E-state index contributed by atoms with van der Waals surface area (Å²) < 4.78 is 33.1. The number of hydrogen-bond donors (Lipinski definition) is 1. The minimum absolute atomic E-state index is 0.209. The maximum absolute atomic E-state index is 11.5. The number of ether oxygens (including phenoxy) is 3. The molecule has 0 aromatic rings. The largest absolute Gasteiger partial charge is 0.382 e. The Morgan fingerprint density at radius 1 is 1.47 bits per heavy atom. The van der Waals surface area contributed by atoms with Crippen molar-refractivity contribution in [2.45, 2.75) is 24.3 Å². The Kier molecular flexibility index (Phi) is 7.79. The molecule has 1 saturated heterocycles.